The maximum atomic E-state index is 9.11. The number of aliphatic hydroxyl groups excluding tert-OH is 1. The van der Waals surface area contributed by atoms with Crippen LogP contribution in [0.25, 0.3) is 28.4 Å². The van der Waals surface area contributed by atoms with E-state index < -0.39 is 0 Å². The highest BCUT2D eigenvalue weighted by Crippen LogP contribution is 2.29. The first-order valence-corrected chi connectivity index (χ1v) is 8.24. The number of imidazole rings is 1. The number of aryl methyl sites for hydroxylation is 2. The third kappa shape index (κ3) is 2.70. The van der Waals surface area contributed by atoms with Gasteiger partial charge in [0.1, 0.15) is 5.69 Å². The molecule has 0 aliphatic carbocycles. The van der Waals surface area contributed by atoms with Gasteiger partial charge < -0.3 is 5.11 Å². The van der Waals surface area contributed by atoms with Gasteiger partial charge in [0.15, 0.2) is 11.5 Å². The number of H-pyrrole nitrogens is 1. The molecule has 3 aromatic heterocycles. The molecule has 0 fully saturated rings. The summed E-state index contributed by atoms with van der Waals surface area (Å²) < 4.78 is 2.10. The molecule has 6 heteroatoms. The fourth-order valence-electron chi connectivity index (χ4n) is 3.17. The topological polar surface area (TPSA) is 79.6 Å². The first-order valence-electron chi connectivity index (χ1n) is 8.24. The number of benzene rings is 1. The van der Waals surface area contributed by atoms with Gasteiger partial charge in [0, 0.05) is 24.2 Å². The van der Waals surface area contributed by atoms with Gasteiger partial charge in [-0.15, -0.1) is 0 Å². The van der Waals surface area contributed by atoms with E-state index in [1.807, 2.05) is 37.3 Å². The van der Waals surface area contributed by atoms with Gasteiger partial charge >= 0.3 is 0 Å². The molecule has 4 aromatic rings. The molecule has 0 amide bonds. The van der Waals surface area contributed by atoms with Crippen molar-refractivity contribution in [3.63, 3.8) is 0 Å². The van der Waals surface area contributed by atoms with Gasteiger partial charge in [-0.05, 0) is 55.7 Å². The van der Waals surface area contributed by atoms with Gasteiger partial charge in [-0.1, -0.05) is 12.1 Å². The Morgan fingerprint density at radius 2 is 1.88 bits per heavy atom. The molecule has 0 radical (unpaired) electrons. The van der Waals surface area contributed by atoms with Crippen LogP contribution in [-0.4, -0.2) is 36.4 Å². The maximum absolute atomic E-state index is 9.11. The number of hydrogen-bond donors (Lipinski definition) is 2. The van der Waals surface area contributed by atoms with Crippen LogP contribution < -0.4 is 0 Å². The minimum atomic E-state index is 0.148. The van der Waals surface area contributed by atoms with Gasteiger partial charge in [-0.25, -0.2) is 9.97 Å². The fourth-order valence-corrected chi connectivity index (χ4v) is 3.17. The molecule has 0 bridgehead atoms. The van der Waals surface area contributed by atoms with E-state index in [4.69, 9.17) is 10.1 Å². The number of rotatable bonds is 4. The molecule has 0 aliphatic rings. The van der Waals surface area contributed by atoms with E-state index in [1.165, 1.54) is 0 Å². The molecule has 0 saturated heterocycles. The monoisotopic (exact) mass is 333 g/mol. The van der Waals surface area contributed by atoms with Crippen molar-refractivity contribution in [1.82, 2.24) is 24.7 Å². The second-order valence-corrected chi connectivity index (χ2v) is 6.13. The van der Waals surface area contributed by atoms with Crippen LogP contribution in [0.4, 0.5) is 0 Å². The SMILES string of the molecule is Cc1cc(C)c2c(n1)nc(-c1ccn[nH]1)n2-c1ccc(CCO)cc1. The predicted molar refractivity (Wildman–Crippen MR) is 96.7 cm³/mol. The van der Waals surface area contributed by atoms with Crippen LogP contribution >= 0.6 is 0 Å². The first kappa shape index (κ1) is 15.5. The molecule has 1 aromatic carbocycles. The van der Waals surface area contributed by atoms with E-state index in [9.17, 15) is 0 Å². The lowest BCUT2D eigenvalue weighted by Crippen LogP contribution is -2.00. The van der Waals surface area contributed by atoms with E-state index in [1.54, 1.807) is 6.20 Å². The molecule has 4 rings (SSSR count). The van der Waals surface area contributed by atoms with Crippen molar-refractivity contribution in [3.8, 4) is 17.2 Å². The third-order valence-corrected chi connectivity index (χ3v) is 4.28. The summed E-state index contributed by atoms with van der Waals surface area (Å²) in [6, 6.07) is 12.1. The molecule has 0 atom stereocenters. The largest absolute Gasteiger partial charge is 0.396 e. The summed E-state index contributed by atoms with van der Waals surface area (Å²) in [5, 5.41) is 16.2. The molecule has 126 valence electrons. The Morgan fingerprint density at radius 3 is 2.56 bits per heavy atom. The zero-order valence-corrected chi connectivity index (χ0v) is 14.2. The number of pyridine rings is 1. The molecule has 0 unspecified atom stereocenters. The van der Waals surface area contributed by atoms with Crippen LogP contribution in [0.1, 0.15) is 16.8 Å². The van der Waals surface area contributed by atoms with Crippen molar-refractivity contribution in [2.24, 2.45) is 0 Å². The molecular weight excluding hydrogens is 314 g/mol. The second-order valence-electron chi connectivity index (χ2n) is 6.13. The minimum Gasteiger partial charge on any atom is -0.396 e. The molecule has 3 heterocycles. The predicted octanol–water partition coefficient (Wildman–Crippen LogP) is 2.96. The molecule has 6 nitrogen and oxygen atoms in total. The Balaban J connectivity index is 1.98. The molecule has 25 heavy (non-hydrogen) atoms. The summed E-state index contributed by atoms with van der Waals surface area (Å²) in [5.74, 6) is 0.781. The lowest BCUT2D eigenvalue weighted by atomic mass is 10.1. The summed E-state index contributed by atoms with van der Waals surface area (Å²) in [4.78, 5) is 9.35. The Labute approximate surface area is 145 Å². The summed E-state index contributed by atoms with van der Waals surface area (Å²) in [6.45, 7) is 4.20. The number of aromatic amines is 1. The molecule has 2 N–H and O–H groups in total. The van der Waals surface area contributed by atoms with E-state index >= 15 is 0 Å². The van der Waals surface area contributed by atoms with Crippen molar-refractivity contribution in [1.29, 1.82) is 0 Å². The molecule has 0 spiro atoms. The Hall–Kier alpha value is -2.99. The Kier molecular flexibility index (Phi) is 3.82. The van der Waals surface area contributed by atoms with Crippen LogP contribution in [0.5, 0.6) is 0 Å². The van der Waals surface area contributed by atoms with Crippen LogP contribution in [-0.2, 0) is 6.42 Å². The maximum Gasteiger partial charge on any atom is 0.179 e. The van der Waals surface area contributed by atoms with Gasteiger partial charge in [0.25, 0.3) is 0 Å². The number of nitrogens with one attached hydrogen (secondary N) is 1. The summed E-state index contributed by atoms with van der Waals surface area (Å²) in [6.07, 6.45) is 2.37. The summed E-state index contributed by atoms with van der Waals surface area (Å²) in [7, 11) is 0. The lowest BCUT2D eigenvalue weighted by Gasteiger charge is -2.10. The highest BCUT2D eigenvalue weighted by Gasteiger charge is 2.18. The molecule has 0 saturated carbocycles. The first-order chi connectivity index (χ1) is 12.2. The quantitative estimate of drug-likeness (QED) is 0.602. The molecule has 0 aliphatic heterocycles. The number of nitrogens with zero attached hydrogens (tertiary/aromatic N) is 4. The van der Waals surface area contributed by atoms with Crippen molar-refractivity contribution < 1.29 is 5.11 Å². The van der Waals surface area contributed by atoms with Gasteiger partial charge in [-0.3, -0.25) is 9.67 Å². The standard InChI is InChI=1S/C19H19N5O/c1-12-11-13(2)21-18-17(12)24(19(22-18)16-7-9-20-23-16)15-5-3-14(4-6-15)8-10-25/h3-7,9,11,25H,8,10H2,1-2H3,(H,20,23). The van der Waals surface area contributed by atoms with Crippen molar-refractivity contribution >= 4 is 11.2 Å². The average molecular weight is 333 g/mol. The van der Waals surface area contributed by atoms with Gasteiger partial charge in [0.05, 0.1) is 5.52 Å². The van der Waals surface area contributed by atoms with Crippen LogP contribution in [0, 0.1) is 13.8 Å². The third-order valence-electron chi connectivity index (χ3n) is 4.28. The lowest BCUT2D eigenvalue weighted by molar-refractivity contribution is 0.299. The number of aromatic nitrogens is 5. The van der Waals surface area contributed by atoms with Crippen LogP contribution in [0.15, 0.2) is 42.6 Å². The zero-order chi connectivity index (χ0) is 17.4. The van der Waals surface area contributed by atoms with Crippen molar-refractivity contribution in [2.45, 2.75) is 20.3 Å². The highest BCUT2D eigenvalue weighted by molar-refractivity contribution is 5.82. The summed E-state index contributed by atoms with van der Waals surface area (Å²) >= 11 is 0. The average Bonchev–Trinajstić information content (AvgIpc) is 3.23. The molecular formula is C19H19N5O. The minimum absolute atomic E-state index is 0.148. The smallest absolute Gasteiger partial charge is 0.179 e. The van der Waals surface area contributed by atoms with E-state index in [0.29, 0.717) is 6.42 Å². The van der Waals surface area contributed by atoms with Gasteiger partial charge in [-0.2, -0.15) is 5.10 Å². The normalized spacial score (nSPS) is 11.3. The van der Waals surface area contributed by atoms with Crippen molar-refractivity contribution in [3.05, 3.63) is 59.4 Å². The summed E-state index contributed by atoms with van der Waals surface area (Å²) in [5.41, 5.74) is 6.73. The van der Waals surface area contributed by atoms with E-state index in [2.05, 4.69) is 32.7 Å². The van der Waals surface area contributed by atoms with Gasteiger partial charge in [0.2, 0.25) is 0 Å². The van der Waals surface area contributed by atoms with Crippen molar-refractivity contribution in [2.75, 3.05) is 6.61 Å². The van der Waals surface area contributed by atoms with E-state index in [0.717, 1.165) is 45.2 Å². The van der Waals surface area contributed by atoms with Crippen LogP contribution in [0.2, 0.25) is 0 Å². The number of fused-ring (bicyclic) bond motifs is 1. The number of hydrogen-bond acceptors (Lipinski definition) is 4. The Morgan fingerprint density at radius 1 is 1.08 bits per heavy atom. The zero-order valence-electron chi connectivity index (χ0n) is 14.2. The van der Waals surface area contributed by atoms with Crippen LogP contribution in [0.3, 0.4) is 0 Å². The second kappa shape index (κ2) is 6.14. The van der Waals surface area contributed by atoms with E-state index in [-0.39, 0.29) is 6.61 Å². The fraction of sp³-hybridized carbons (Fsp3) is 0.211. The number of aliphatic hydroxyl groups is 1. The highest BCUT2D eigenvalue weighted by atomic mass is 16.2. The Bertz CT molecular complexity index is 1020.